The van der Waals surface area contributed by atoms with Crippen molar-refractivity contribution in [3.63, 3.8) is 0 Å². The lowest BCUT2D eigenvalue weighted by Crippen LogP contribution is -2.52. The quantitative estimate of drug-likeness (QED) is 0.587. The maximum Gasteiger partial charge on any atom is -0.0267 e. The van der Waals surface area contributed by atoms with Gasteiger partial charge in [-0.3, -0.25) is 0 Å². The summed E-state index contributed by atoms with van der Waals surface area (Å²) in [6.45, 7) is 12.1. The van der Waals surface area contributed by atoms with Gasteiger partial charge in [-0.1, -0.05) is 53.9 Å². The van der Waals surface area contributed by atoms with Gasteiger partial charge in [0.15, 0.2) is 0 Å². The van der Waals surface area contributed by atoms with Crippen molar-refractivity contribution in [2.45, 2.75) is 66.7 Å². The SMILES string of the molecule is CCCCC1C(C)C(C)C1(C)CCC. The third-order valence-corrected chi connectivity index (χ3v) is 4.97. The van der Waals surface area contributed by atoms with Crippen molar-refractivity contribution in [1.82, 2.24) is 0 Å². The van der Waals surface area contributed by atoms with Gasteiger partial charge >= 0.3 is 0 Å². The molecule has 0 radical (unpaired) electrons. The number of hydrogen-bond acceptors (Lipinski definition) is 0. The maximum atomic E-state index is 2.53. The molecule has 0 N–H and O–H groups in total. The third kappa shape index (κ3) is 1.85. The predicted molar refractivity (Wildman–Crippen MR) is 64.4 cm³/mol. The summed E-state index contributed by atoms with van der Waals surface area (Å²) >= 11 is 0. The first-order valence-electron chi connectivity index (χ1n) is 6.57. The topological polar surface area (TPSA) is 0 Å². The molecule has 14 heavy (non-hydrogen) atoms. The Bertz CT molecular complexity index is 173. The van der Waals surface area contributed by atoms with Crippen molar-refractivity contribution in [3.8, 4) is 0 Å². The van der Waals surface area contributed by atoms with Crippen LogP contribution in [0.25, 0.3) is 0 Å². The summed E-state index contributed by atoms with van der Waals surface area (Å²) in [4.78, 5) is 0. The first-order valence-corrected chi connectivity index (χ1v) is 6.57. The number of rotatable bonds is 5. The van der Waals surface area contributed by atoms with Gasteiger partial charge in [0.1, 0.15) is 0 Å². The van der Waals surface area contributed by atoms with E-state index < -0.39 is 0 Å². The Morgan fingerprint density at radius 1 is 1.07 bits per heavy atom. The highest BCUT2D eigenvalue weighted by Gasteiger charge is 2.52. The van der Waals surface area contributed by atoms with Crippen LogP contribution in [-0.2, 0) is 0 Å². The van der Waals surface area contributed by atoms with Gasteiger partial charge in [0.25, 0.3) is 0 Å². The standard InChI is InChI=1S/C14H28/c1-6-8-9-13-11(3)12(4)14(13,5)10-7-2/h11-13H,6-10H2,1-5H3. The third-order valence-electron chi connectivity index (χ3n) is 4.97. The van der Waals surface area contributed by atoms with Crippen LogP contribution in [0.2, 0.25) is 0 Å². The Balaban J connectivity index is 2.54. The van der Waals surface area contributed by atoms with E-state index in [9.17, 15) is 0 Å². The van der Waals surface area contributed by atoms with Crippen LogP contribution < -0.4 is 0 Å². The number of hydrogen-bond donors (Lipinski definition) is 0. The Morgan fingerprint density at radius 2 is 1.71 bits per heavy atom. The molecule has 0 aliphatic heterocycles. The molecule has 0 spiro atoms. The molecule has 0 amide bonds. The largest absolute Gasteiger partial charge is 0.0654 e. The zero-order chi connectivity index (χ0) is 10.8. The Labute approximate surface area is 90.5 Å². The lowest BCUT2D eigenvalue weighted by atomic mass is 9.46. The molecule has 1 aliphatic rings. The summed E-state index contributed by atoms with van der Waals surface area (Å²) in [6.07, 6.45) is 7.06. The Kier molecular flexibility index (Phi) is 4.04. The lowest BCUT2D eigenvalue weighted by molar-refractivity contribution is -0.103. The molecule has 84 valence electrons. The van der Waals surface area contributed by atoms with E-state index in [-0.39, 0.29) is 0 Å². The molecule has 1 saturated carbocycles. The van der Waals surface area contributed by atoms with Gasteiger partial charge in [-0.05, 0) is 36.0 Å². The number of unbranched alkanes of at least 4 members (excludes halogenated alkanes) is 1. The van der Waals surface area contributed by atoms with Crippen molar-refractivity contribution in [3.05, 3.63) is 0 Å². The monoisotopic (exact) mass is 196 g/mol. The van der Waals surface area contributed by atoms with Crippen LogP contribution >= 0.6 is 0 Å². The fourth-order valence-electron chi connectivity index (χ4n) is 3.74. The van der Waals surface area contributed by atoms with Crippen molar-refractivity contribution in [2.24, 2.45) is 23.2 Å². The van der Waals surface area contributed by atoms with E-state index in [0.717, 1.165) is 17.8 Å². The van der Waals surface area contributed by atoms with Crippen LogP contribution in [0, 0.1) is 23.2 Å². The first-order chi connectivity index (χ1) is 6.57. The Hall–Kier alpha value is 0. The van der Waals surface area contributed by atoms with E-state index in [1.165, 1.54) is 32.1 Å². The van der Waals surface area contributed by atoms with Gasteiger partial charge in [0.05, 0.1) is 0 Å². The smallest absolute Gasteiger partial charge is 0.0267 e. The molecule has 0 aromatic heterocycles. The molecule has 1 fully saturated rings. The van der Waals surface area contributed by atoms with Crippen LogP contribution in [0.5, 0.6) is 0 Å². The molecule has 1 aliphatic carbocycles. The van der Waals surface area contributed by atoms with E-state index in [2.05, 4.69) is 34.6 Å². The Morgan fingerprint density at radius 3 is 2.21 bits per heavy atom. The molecule has 0 aromatic rings. The van der Waals surface area contributed by atoms with Crippen LogP contribution in [0.15, 0.2) is 0 Å². The molecular formula is C14H28. The van der Waals surface area contributed by atoms with Crippen molar-refractivity contribution in [2.75, 3.05) is 0 Å². The van der Waals surface area contributed by atoms with E-state index >= 15 is 0 Å². The van der Waals surface area contributed by atoms with Gasteiger partial charge < -0.3 is 0 Å². The van der Waals surface area contributed by atoms with Crippen LogP contribution in [0.4, 0.5) is 0 Å². The zero-order valence-corrected chi connectivity index (χ0v) is 10.8. The molecule has 0 heterocycles. The molecule has 0 aromatic carbocycles. The van der Waals surface area contributed by atoms with E-state index in [0.29, 0.717) is 5.41 Å². The van der Waals surface area contributed by atoms with Crippen molar-refractivity contribution in [1.29, 1.82) is 0 Å². The second kappa shape index (κ2) is 4.68. The predicted octanol–water partition coefficient (Wildman–Crippen LogP) is 4.89. The highest BCUT2D eigenvalue weighted by atomic mass is 14.6. The van der Waals surface area contributed by atoms with Gasteiger partial charge in [-0.25, -0.2) is 0 Å². The normalized spacial score (nSPS) is 42.2. The van der Waals surface area contributed by atoms with Gasteiger partial charge in [-0.2, -0.15) is 0 Å². The van der Waals surface area contributed by atoms with E-state index in [1.54, 1.807) is 0 Å². The summed E-state index contributed by atoms with van der Waals surface area (Å²) in [6, 6.07) is 0. The lowest BCUT2D eigenvalue weighted by Gasteiger charge is -2.59. The minimum absolute atomic E-state index is 0.670. The first kappa shape index (κ1) is 12.1. The van der Waals surface area contributed by atoms with E-state index in [4.69, 9.17) is 0 Å². The molecule has 0 nitrogen and oxygen atoms in total. The van der Waals surface area contributed by atoms with E-state index in [1.807, 2.05) is 0 Å². The van der Waals surface area contributed by atoms with Crippen LogP contribution in [-0.4, -0.2) is 0 Å². The zero-order valence-electron chi connectivity index (χ0n) is 10.8. The minimum Gasteiger partial charge on any atom is -0.0654 e. The van der Waals surface area contributed by atoms with Crippen LogP contribution in [0.3, 0.4) is 0 Å². The second-order valence-electron chi connectivity index (χ2n) is 5.65. The average Bonchev–Trinajstić information content (AvgIpc) is 2.18. The molecule has 1 rings (SSSR count). The van der Waals surface area contributed by atoms with Gasteiger partial charge in [-0.15, -0.1) is 0 Å². The minimum atomic E-state index is 0.670. The highest BCUT2D eigenvalue weighted by molar-refractivity contribution is 5.01. The summed E-state index contributed by atoms with van der Waals surface area (Å²) in [5, 5.41) is 0. The second-order valence-corrected chi connectivity index (χ2v) is 5.65. The molecule has 0 saturated heterocycles. The summed E-state index contributed by atoms with van der Waals surface area (Å²) in [7, 11) is 0. The summed E-state index contributed by atoms with van der Waals surface area (Å²) in [5.74, 6) is 2.93. The molecule has 4 unspecified atom stereocenters. The molecular weight excluding hydrogens is 168 g/mol. The highest BCUT2D eigenvalue weighted by Crippen LogP contribution is 2.59. The van der Waals surface area contributed by atoms with Crippen LogP contribution in [0.1, 0.15) is 66.7 Å². The van der Waals surface area contributed by atoms with Gasteiger partial charge in [0.2, 0.25) is 0 Å². The average molecular weight is 196 g/mol. The van der Waals surface area contributed by atoms with Crippen molar-refractivity contribution >= 4 is 0 Å². The fourth-order valence-corrected chi connectivity index (χ4v) is 3.74. The summed E-state index contributed by atoms with van der Waals surface area (Å²) < 4.78 is 0. The molecule has 0 bridgehead atoms. The van der Waals surface area contributed by atoms with Gasteiger partial charge in [0, 0.05) is 0 Å². The molecule has 0 heteroatoms. The van der Waals surface area contributed by atoms with Crippen molar-refractivity contribution < 1.29 is 0 Å². The molecule has 4 atom stereocenters. The summed E-state index contributed by atoms with van der Waals surface area (Å²) in [5.41, 5.74) is 0.670. The fraction of sp³-hybridized carbons (Fsp3) is 1.00. The maximum absolute atomic E-state index is 2.53.